The molecular weight excluding hydrogens is 512 g/mol. The summed E-state index contributed by atoms with van der Waals surface area (Å²) in [5.74, 6) is 1.68. The Bertz CT molecular complexity index is 2120. The summed E-state index contributed by atoms with van der Waals surface area (Å²) in [7, 11) is 0. The van der Waals surface area contributed by atoms with E-state index in [2.05, 4.69) is 91.0 Å². The van der Waals surface area contributed by atoms with Gasteiger partial charge in [-0.3, -0.25) is 0 Å². The molecule has 1 spiro atoms. The maximum absolute atomic E-state index is 7.04. The topological polar surface area (TPSA) is 22.4 Å². The highest BCUT2D eigenvalue weighted by Crippen LogP contribution is 2.63. The highest BCUT2D eigenvalue weighted by Gasteiger charge is 2.51. The molecule has 1 aliphatic carbocycles. The van der Waals surface area contributed by atoms with Gasteiger partial charge in [0.25, 0.3) is 0 Å². The van der Waals surface area contributed by atoms with Crippen molar-refractivity contribution in [3.63, 3.8) is 0 Å². The van der Waals surface area contributed by atoms with E-state index in [1.165, 1.54) is 22.3 Å². The maximum Gasteiger partial charge on any atom is 0.140 e. The molecule has 2 heterocycles. The number of furan rings is 1. The lowest BCUT2D eigenvalue weighted by Crippen LogP contribution is -2.32. The SMILES string of the molecule is Clc1cc(-c2cccc3oc4ccccc4c23)c2c(c1)C1(c3ccccc3O2)c2ccccc2-c2ccccc21. The van der Waals surface area contributed by atoms with Crippen molar-refractivity contribution in [2.24, 2.45) is 0 Å². The van der Waals surface area contributed by atoms with Crippen molar-refractivity contribution in [2.45, 2.75) is 5.41 Å². The third-order valence-electron chi connectivity index (χ3n) is 8.61. The Labute approximate surface area is 236 Å². The van der Waals surface area contributed by atoms with Crippen LogP contribution in [0.25, 0.3) is 44.2 Å². The summed E-state index contributed by atoms with van der Waals surface area (Å²) in [6, 6.07) is 44.4. The van der Waals surface area contributed by atoms with Crippen molar-refractivity contribution in [3.8, 4) is 33.8 Å². The van der Waals surface area contributed by atoms with Gasteiger partial charge in [0.1, 0.15) is 22.7 Å². The number of para-hydroxylation sites is 2. The molecule has 0 unspecified atom stereocenters. The molecule has 0 atom stereocenters. The first kappa shape index (κ1) is 22.1. The average Bonchev–Trinajstić information content (AvgIpc) is 3.52. The highest BCUT2D eigenvalue weighted by molar-refractivity contribution is 6.31. The second-order valence-electron chi connectivity index (χ2n) is 10.5. The summed E-state index contributed by atoms with van der Waals surface area (Å²) >= 11 is 7.04. The average molecular weight is 533 g/mol. The van der Waals surface area contributed by atoms with Gasteiger partial charge in [-0.2, -0.15) is 0 Å². The van der Waals surface area contributed by atoms with Gasteiger partial charge >= 0.3 is 0 Å². The minimum Gasteiger partial charge on any atom is -0.456 e. The van der Waals surface area contributed by atoms with Crippen LogP contribution in [0.3, 0.4) is 0 Å². The predicted molar refractivity (Wildman–Crippen MR) is 162 cm³/mol. The number of hydrogen-bond acceptors (Lipinski definition) is 2. The van der Waals surface area contributed by atoms with Crippen molar-refractivity contribution >= 4 is 33.5 Å². The molecule has 3 heteroatoms. The molecular formula is C37H21ClO2. The number of benzene rings is 6. The van der Waals surface area contributed by atoms with Gasteiger partial charge in [-0.1, -0.05) is 109 Å². The van der Waals surface area contributed by atoms with Gasteiger partial charge < -0.3 is 9.15 Å². The number of hydrogen-bond donors (Lipinski definition) is 0. The van der Waals surface area contributed by atoms with Crippen LogP contribution in [0.4, 0.5) is 0 Å². The van der Waals surface area contributed by atoms with Crippen molar-refractivity contribution < 1.29 is 9.15 Å². The Morgan fingerprint density at radius 2 is 1.12 bits per heavy atom. The lowest BCUT2D eigenvalue weighted by atomic mass is 9.65. The third kappa shape index (κ3) is 2.69. The Hall–Kier alpha value is -4.79. The molecule has 2 nitrogen and oxygen atoms in total. The summed E-state index contributed by atoms with van der Waals surface area (Å²) in [6.07, 6.45) is 0. The summed E-state index contributed by atoms with van der Waals surface area (Å²) in [4.78, 5) is 0. The minimum absolute atomic E-state index is 0.566. The molecule has 0 amide bonds. The first-order valence-electron chi connectivity index (χ1n) is 13.5. The van der Waals surface area contributed by atoms with Gasteiger partial charge in [0.2, 0.25) is 0 Å². The molecule has 1 aliphatic heterocycles. The lowest BCUT2D eigenvalue weighted by molar-refractivity contribution is 0.438. The Morgan fingerprint density at radius 1 is 0.500 bits per heavy atom. The first-order valence-corrected chi connectivity index (χ1v) is 13.8. The van der Waals surface area contributed by atoms with Crippen LogP contribution in [0.1, 0.15) is 22.3 Å². The molecule has 188 valence electrons. The molecule has 0 radical (unpaired) electrons. The van der Waals surface area contributed by atoms with Crippen LogP contribution < -0.4 is 4.74 Å². The zero-order chi connectivity index (χ0) is 26.4. The summed E-state index contributed by atoms with van der Waals surface area (Å²) < 4.78 is 13.1. The van der Waals surface area contributed by atoms with Crippen LogP contribution in [-0.2, 0) is 5.41 Å². The third-order valence-corrected chi connectivity index (χ3v) is 8.82. The Balaban J connectivity index is 1.46. The van der Waals surface area contributed by atoms with E-state index in [9.17, 15) is 0 Å². The van der Waals surface area contributed by atoms with Crippen LogP contribution >= 0.6 is 11.6 Å². The maximum atomic E-state index is 7.04. The van der Waals surface area contributed by atoms with E-state index in [0.29, 0.717) is 5.02 Å². The van der Waals surface area contributed by atoms with E-state index in [1.54, 1.807) is 0 Å². The summed E-state index contributed by atoms with van der Waals surface area (Å²) in [6.45, 7) is 0. The van der Waals surface area contributed by atoms with Crippen LogP contribution in [-0.4, -0.2) is 0 Å². The predicted octanol–water partition coefficient (Wildman–Crippen LogP) is 10.4. The molecule has 0 saturated carbocycles. The van der Waals surface area contributed by atoms with Crippen molar-refractivity contribution in [1.82, 2.24) is 0 Å². The standard InChI is InChI=1S/C37H21ClO2/c38-22-20-27(25-13-9-19-34-35(25)26-12-3-7-17-32(26)39-34)36-31(21-22)37(30-16-6-8-18-33(30)40-36)28-14-4-1-10-23(28)24-11-2-5-15-29(24)37/h1-21H. The monoisotopic (exact) mass is 532 g/mol. The van der Waals surface area contributed by atoms with Gasteiger partial charge in [-0.25, -0.2) is 0 Å². The van der Waals surface area contributed by atoms with Crippen LogP contribution in [0.2, 0.25) is 5.02 Å². The fourth-order valence-electron chi connectivity index (χ4n) is 7.12. The fourth-order valence-corrected chi connectivity index (χ4v) is 7.34. The van der Waals surface area contributed by atoms with Crippen LogP contribution in [0, 0.1) is 0 Å². The van der Waals surface area contributed by atoms with Crippen molar-refractivity contribution in [3.05, 3.63) is 155 Å². The molecule has 0 saturated heterocycles. The molecule has 40 heavy (non-hydrogen) atoms. The number of halogens is 1. The number of ether oxygens (including phenoxy) is 1. The van der Waals surface area contributed by atoms with E-state index < -0.39 is 5.41 Å². The van der Waals surface area contributed by atoms with E-state index >= 15 is 0 Å². The van der Waals surface area contributed by atoms with Gasteiger partial charge in [0, 0.05) is 32.5 Å². The molecule has 6 aromatic carbocycles. The van der Waals surface area contributed by atoms with E-state index in [4.69, 9.17) is 20.8 Å². The zero-order valence-corrected chi connectivity index (χ0v) is 22.1. The van der Waals surface area contributed by atoms with E-state index in [0.717, 1.165) is 55.7 Å². The van der Waals surface area contributed by atoms with Crippen molar-refractivity contribution in [2.75, 3.05) is 0 Å². The Morgan fingerprint density at radius 3 is 1.93 bits per heavy atom. The lowest BCUT2D eigenvalue weighted by Gasteiger charge is -2.40. The van der Waals surface area contributed by atoms with Gasteiger partial charge in [-0.05, 0) is 58.1 Å². The molecule has 0 bridgehead atoms. The summed E-state index contributed by atoms with van der Waals surface area (Å²) in [5.41, 5.74) is 10.3. The molecule has 7 aromatic rings. The van der Waals surface area contributed by atoms with Gasteiger partial charge in [0.05, 0.1) is 5.41 Å². The molecule has 0 fully saturated rings. The van der Waals surface area contributed by atoms with Gasteiger partial charge in [0.15, 0.2) is 0 Å². The van der Waals surface area contributed by atoms with E-state index in [1.807, 2.05) is 36.4 Å². The molecule has 9 rings (SSSR count). The van der Waals surface area contributed by atoms with Crippen molar-refractivity contribution in [1.29, 1.82) is 0 Å². The van der Waals surface area contributed by atoms with Crippen LogP contribution in [0.15, 0.2) is 132 Å². The smallest absolute Gasteiger partial charge is 0.140 e. The molecule has 2 aliphatic rings. The van der Waals surface area contributed by atoms with E-state index in [-0.39, 0.29) is 0 Å². The van der Waals surface area contributed by atoms with Crippen LogP contribution in [0.5, 0.6) is 11.5 Å². The second kappa shape index (κ2) is 7.88. The molecule has 0 N–H and O–H groups in total. The zero-order valence-electron chi connectivity index (χ0n) is 21.3. The highest BCUT2D eigenvalue weighted by atomic mass is 35.5. The minimum atomic E-state index is -0.566. The first-order chi connectivity index (χ1) is 19.7. The number of rotatable bonds is 1. The Kier molecular flexibility index (Phi) is 4.35. The second-order valence-corrected chi connectivity index (χ2v) is 11.0. The largest absolute Gasteiger partial charge is 0.456 e. The van der Waals surface area contributed by atoms with Gasteiger partial charge in [-0.15, -0.1) is 0 Å². The normalized spacial score (nSPS) is 14.0. The summed E-state index contributed by atoms with van der Waals surface area (Å²) in [5, 5.41) is 2.80. The number of fused-ring (bicyclic) bond motifs is 12. The quantitative estimate of drug-likeness (QED) is 0.210. The fraction of sp³-hybridized carbons (Fsp3) is 0.0270. The molecule has 1 aromatic heterocycles.